The molecule has 4 aromatic rings. The highest BCUT2D eigenvalue weighted by Crippen LogP contribution is 2.49. The van der Waals surface area contributed by atoms with Crippen LogP contribution < -0.4 is 19.4 Å². The van der Waals surface area contributed by atoms with Crippen LogP contribution in [0, 0.1) is 0 Å². The standard InChI is InChI=1S/C34H36ClN3O/c1-6-36(7-2)27-18-20-31-30-13-11-10-12-29(30)24(5)38(26-16-14-25(35)15-17-26)32-21-19-28(37(8-3)9-4)23-34(32)39-33(31)22-27/h10-23H,5-9H2,1-4H3. The van der Waals surface area contributed by atoms with Crippen LogP contribution in [-0.4, -0.2) is 26.2 Å². The third-order valence-corrected chi connectivity index (χ3v) is 7.76. The molecule has 0 spiro atoms. The van der Waals surface area contributed by atoms with E-state index < -0.39 is 0 Å². The molecule has 1 heterocycles. The molecular weight excluding hydrogens is 502 g/mol. The van der Waals surface area contributed by atoms with E-state index in [2.05, 4.69) is 110 Å². The lowest BCUT2D eigenvalue weighted by molar-refractivity contribution is 0.485. The first kappa shape index (κ1) is 26.7. The van der Waals surface area contributed by atoms with Crippen LogP contribution >= 0.6 is 11.6 Å². The lowest BCUT2D eigenvalue weighted by Gasteiger charge is -2.30. The second kappa shape index (κ2) is 11.5. The molecule has 0 N–H and O–H groups in total. The number of ether oxygens (including phenoxy) is 1. The van der Waals surface area contributed by atoms with Gasteiger partial charge in [0.05, 0.1) is 5.69 Å². The molecule has 0 saturated carbocycles. The zero-order chi connectivity index (χ0) is 27.5. The van der Waals surface area contributed by atoms with E-state index in [0.717, 1.165) is 82.8 Å². The van der Waals surface area contributed by atoms with Crippen molar-refractivity contribution in [1.29, 1.82) is 0 Å². The Bertz CT molecular complexity index is 1470. The largest absolute Gasteiger partial charge is 0.454 e. The zero-order valence-electron chi connectivity index (χ0n) is 23.2. The van der Waals surface area contributed by atoms with E-state index in [1.54, 1.807) is 0 Å². The van der Waals surface area contributed by atoms with Gasteiger partial charge < -0.3 is 19.4 Å². The maximum atomic E-state index is 6.94. The summed E-state index contributed by atoms with van der Waals surface area (Å²) in [5.41, 5.74) is 8.20. The molecule has 0 fully saturated rings. The summed E-state index contributed by atoms with van der Waals surface area (Å²) in [4.78, 5) is 6.85. The molecule has 5 heteroatoms. The summed E-state index contributed by atoms with van der Waals surface area (Å²) in [5, 5.41) is 0.693. The van der Waals surface area contributed by atoms with Gasteiger partial charge in [-0.1, -0.05) is 42.4 Å². The Morgan fingerprint density at radius 2 is 1.23 bits per heavy atom. The molecule has 0 aromatic heterocycles. The Hall–Kier alpha value is -3.89. The normalized spacial score (nSPS) is 12.3. The van der Waals surface area contributed by atoms with E-state index in [9.17, 15) is 0 Å². The summed E-state index contributed by atoms with van der Waals surface area (Å²) >= 11 is 6.29. The van der Waals surface area contributed by atoms with E-state index in [-0.39, 0.29) is 0 Å². The van der Waals surface area contributed by atoms with Crippen molar-refractivity contribution >= 4 is 40.0 Å². The van der Waals surface area contributed by atoms with Crippen molar-refractivity contribution in [3.8, 4) is 22.6 Å². The van der Waals surface area contributed by atoms with E-state index in [0.29, 0.717) is 5.02 Å². The fraction of sp³-hybridized carbons (Fsp3) is 0.235. The molecule has 4 aromatic carbocycles. The van der Waals surface area contributed by atoms with Crippen LogP contribution in [0.25, 0.3) is 16.8 Å². The van der Waals surface area contributed by atoms with E-state index in [4.69, 9.17) is 16.3 Å². The summed E-state index contributed by atoms with van der Waals surface area (Å²) in [6, 6.07) is 29.3. The second-order valence-corrected chi connectivity index (χ2v) is 10.0. The lowest BCUT2D eigenvalue weighted by atomic mass is 9.96. The van der Waals surface area contributed by atoms with Crippen LogP contribution in [0.15, 0.2) is 91.5 Å². The second-order valence-electron chi connectivity index (χ2n) is 9.58. The predicted octanol–water partition coefficient (Wildman–Crippen LogP) is 9.61. The molecule has 0 unspecified atom stereocenters. The molecule has 0 radical (unpaired) electrons. The van der Waals surface area contributed by atoms with Crippen molar-refractivity contribution in [2.75, 3.05) is 40.9 Å². The van der Waals surface area contributed by atoms with Crippen LogP contribution in [0.1, 0.15) is 33.3 Å². The molecule has 0 amide bonds. The number of fused-ring (bicyclic) bond motifs is 4. The van der Waals surface area contributed by atoms with Crippen molar-refractivity contribution in [1.82, 2.24) is 0 Å². The Morgan fingerprint density at radius 1 is 0.667 bits per heavy atom. The predicted molar refractivity (Wildman–Crippen MR) is 168 cm³/mol. The number of anilines is 4. The van der Waals surface area contributed by atoms with Crippen molar-refractivity contribution < 1.29 is 4.74 Å². The van der Waals surface area contributed by atoms with Crippen molar-refractivity contribution in [2.24, 2.45) is 0 Å². The summed E-state index contributed by atoms with van der Waals surface area (Å²) in [5.74, 6) is 1.61. The third kappa shape index (κ3) is 5.09. The number of nitrogens with zero attached hydrogens (tertiary/aromatic N) is 3. The monoisotopic (exact) mass is 537 g/mol. The summed E-state index contributed by atoms with van der Waals surface area (Å²) in [7, 11) is 0. The lowest BCUT2D eigenvalue weighted by Crippen LogP contribution is -2.22. The fourth-order valence-corrected chi connectivity index (χ4v) is 5.52. The highest BCUT2D eigenvalue weighted by molar-refractivity contribution is 6.30. The van der Waals surface area contributed by atoms with Crippen molar-refractivity contribution in [2.45, 2.75) is 27.7 Å². The fourth-order valence-electron chi connectivity index (χ4n) is 5.40. The summed E-state index contributed by atoms with van der Waals surface area (Å²) < 4.78 is 6.94. The van der Waals surface area contributed by atoms with Crippen molar-refractivity contribution in [3.05, 3.63) is 102 Å². The minimum Gasteiger partial charge on any atom is -0.454 e. The molecule has 0 bridgehead atoms. The first-order chi connectivity index (χ1) is 19.0. The van der Waals surface area contributed by atoms with Gasteiger partial charge in [0.25, 0.3) is 0 Å². The van der Waals surface area contributed by atoms with Crippen LogP contribution in [-0.2, 0) is 0 Å². The van der Waals surface area contributed by atoms with Crippen LogP contribution in [0.3, 0.4) is 0 Å². The molecule has 1 aliphatic rings. The number of rotatable bonds is 7. The van der Waals surface area contributed by atoms with Gasteiger partial charge in [-0.3, -0.25) is 0 Å². The smallest absolute Gasteiger partial charge is 0.153 e. The highest BCUT2D eigenvalue weighted by atomic mass is 35.5. The van der Waals surface area contributed by atoms with Gasteiger partial charge in [0.15, 0.2) is 5.75 Å². The zero-order valence-corrected chi connectivity index (χ0v) is 24.0. The topological polar surface area (TPSA) is 19.0 Å². The van der Waals surface area contributed by atoms with Gasteiger partial charge >= 0.3 is 0 Å². The van der Waals surface area contributed by atoms with Gasteiger partial charge in [0.1, 0.15) is 5.75 Å². The number of hydrogen-bond donors (Lipinski definition) is 0. The Morgan fingerprint density at radius 3 is 1.85 bits per heavy atom. The van der Waals surface area contributed by atoms with Gasteiger partial charge in [-0.25, -0.2) is 0 Å². The molecule has 39 heavy (non-hydrogen) atoms. The maximum absolute atomic E-state index is 6.94. The highest BCUT2D eigenvalue weighted by Gasteiger charge is 2.26. The maximum Gasteiger partial charge on any atom is 0.153 e. The van der Waals surface area contributed by atoms with Crippen LogP contribution in [0.2, 0.25) is 5.02 Å². The molecule has 1 aliphatic heterocycles. The Balaban J connectivity index is 1.80. The number of hydrogen-bond acceptors (Lipinski definition) is 4. The quantitative estimate of drug-likeness (QED) is 0.233. The Labute approximate surface area is 237 Å². The van der Waals surface area contributed by atoms with Gasteiger partial charge in [-0.2, -0.15) is 0 Å². The minimum atomic E-state index is 0.693. The first-order valence-electron chi connectivity index (χ1n) is 13.8. The molecule has 5 rings (SSSR count). The molecule has 0 aliphatic carbocycles. The number of halogens is 1. The molecule has 0 atom stereocenters. The van der Waals surface area contributed by atoms with E-state index in [1.165, 1.54) is 0 Å². The first-order valence-corrected chi connectivity index (χ1v) is 14.2. The van der Waals surface area contributed by atoms with Gasteiger partial charge in [-0.05, 0) is 81.8 Å². The molecule has 4 nitrogen and oxygen atoms in total. The molecular formula is C34H36ClN3O. The minimum absolute atomic E-state index is 0.693. The average molecular weight is 538 g/mol. The number of benzene rings is 4. The van der Waals surface area contributed by atoms with E-state index >= 15 is 0 Å². The summed E-state index contributed by atoms with van der Waals surface area (Å²) in [6.45, 7) is 17.0. The average Bonchev–Trinajstić information content (AvgIpc) is 3.00. The van der Waals surface area contributed by atoms with Crippen LogP contribution in [0.5, 0.6) is 11.5 Å². The van der Waals surface area contributed by atoms with Crippen molar-refractivity contribution in [3.63, 3.8) is 0 Å². The SMILES string of the molecule is C=C1c2ccccc2-c2ccc(N(CC)CC)cc2Oc2cc(N(CC)CC)ccc2N1c1ccc(Cl)cc1. The van der Waals surface area contributed by atoms with E-state index in [1.807, 2.05) is 24.3 Å². The Kier molecular flexibility index (Phi) is 7.85. The molecule has 0 saturated heterocycles. The third-order valence-electron chi connectivity index (χ3n) is 7.51. The van der Waals surface area contributed by atoms with Gasteiger partial charge in [0.2, 0.25) is 0 Å². The summed E-state index contributed by atoms with van der Waals surface area (Å²) in [6.07, 6.45) is 0. The van der Waals surface area contributed by atoms with Gasteiger partial charge in [-0.15, -0.1) is 0 Å². The molecule has 200 valence electrons. The van der Waals surface area contributed by atoms with Gasteiger partial charge in [0, 0.05) is 77.2 Å². The van der Waals surface area contributed by atoms with Crippen LogP contribution in [0.4, 0.5) is 22.7 Å².